The molecule has 3 heterocycles. The molecular weight excluding hydrogens is 318 g/mol. The van der Waals surface area contributed by atoms with Gasteiger partial charge in [0, 0.05) is 36.8 Å². The molecule has 2 aromatic rings. The Morgan fingerprint density at radius 2 is 2.20 bits per heavy atom. The highest BCUT2D eigenvalue weighted by molar-refractivity contribution is 5.94. The van der Waals surface area contributed by atoms with Gasteiger partial charge in [-0.15, -0.1) is 0 Å². The average Bonchev–Trinajstić information content (AvgIpc) is 3.08. The number of hydrogen-bond acceptors (Lipinski definition) is 5. The molecule has 7 heteroatoms. The van der Waals surface area contributed by atoms with Crippen LogP contribution in [0.4, 0.5) is 0 Å². The Hall–Kier alpha value is -2.44. The van der Waals surface area contributed by atoms with Crippen LogP contribution in [0.15, 0.2) is 18.3 Å². The quantitative estimate of drug-likeness (QED) is 0.902. The number of rotatable bonds is 5. The number of likely N-dealkylation sites (tertiary alicyclic amines) is 1. The van der Waals surface area contributed by atoms with Crippen molar-refractivity contribution in [2.45, 2.75) is 52.1 Å². The molecule has 0 radical (unpaired) electrons. The molecule has 1 aliphatic rings. The van der Waals surface area contributed by atoms with Crippen LogP contribution in [-0.2, 0) is 0 Å². The molecule has 3 rings (SSSR count). The van der Waals surface area contributed by atoms with Crippen molar-refractivity contribution >= 4 is 5.91 Å². The Balaban J connectivity index is 1.61. The van der Waals surface area contributed by atoms with Crippen molar-refractivity contribution in [1.82, 2.24) is 25.1 Å². The van der Waals surface area contributed by atoms with Gasteiger partial charge in [-0.1, -0.05) is 6.92 Å². The zero-order valence-electron chi connectivity index (χ0n) is 15.0. The first-order valence-electron chi connectivity index (χ1n) is 8.87. The van der Waals surface area contributed by atoms with E-state index < -0.39 is 0 Å². The minimum absolute atomic E-state index is 0.0287. The second-order valence-electron chi connectivity index (χ2n) is 6.56. The van der Waals surface area contributed by atoms with Crippen LogP contribution in [0.2, 0.25) is 0 Å². The first-order valence-corrected chi connectivity index (χ1v) is 8.87. The van der Waals surface area contributed by atoms with E-state index in [2.05, 4.69) is 27.1 Å². The fourth-order valence-corrected chi connectivity index (χ4v) is 2.96. The molecule has 25 heavy (non-hydrogen) atoms. The van der Waals surface area contributed by atoms with Crippen molar-refractivity contribution in [3.05, 3.63) is 35.5 Å². The van der Waals surface area contributed by atoms with E-state index in [1.165, 1.54) is 0 Å². The van der Waals surface area contributed by atoms with Crippen LogP contribution in [0.1, 0.15) is 61.0 Å². The number of nitrogens with zero attached hydrogens (tertiary/aromatic N) is 4. The fraction of sp³-hybridized carbons (Fsp3) is 0.556. The second kappa shape index (κ2) is 7.63. The summed E-state index contributed by atoms with van der Waals surface area (Å²) in [7, 11) is 0. The van der Waals surface area contributed by atoms with Crippen LogP contribution >= 0.6 is 0 Å². The number of aromatic amines is 1. The summed E-state index contributed by atoms with van der Waals surface area (Å²) in [6.07, 6.45) is 4.37. The highest BCUT2D eigenvalue weighted by Crippen LogP contribution is 2.26. The second-order valence-corrected chi connectivity index (χ2v) is 6.56. The molecular formula is C18H25N5O2. The lowest BCUT2D eigenvalue weighted by atomic mass is 9.95. The van der Waals surface area contributed by atoms with Gasteiger partial charge in [-0.25, -0.2) is 9.97 Å². The summed E-state index contributed by atoms with van der Waals surface area (Å²) in [4.78, 5) is 23.3. The van der Waals surface area contributed by atoms with Crippen molar-refractivity contribution in [1.29, 1.82) is 0 Å². The van der Waals surface area contributed by atoms with E-state index in [4.69, 9.17) is 4.74 Å². The van der Waals surface area contributed by atoms with E-state index in [0.717, 1.165) is 30.9 Å². The number of carbonyl (C=O) groups excluding carboxylic acids is 1. The molecule has 1 saturated heterocycles. The van der Waals surface area contributed by atoms with Gasteiger partial charge in [-0.2, -0.15) is 5.10 Å². The Kier molecular flexibility index (Phi) is 5.31. The predicted molar refractivity (Wildman–Crippen MR) is 93.6 cm³/mol. The number of amides is 1. The summed E-state index contributed by atoms with van der Waals surface area (Å²) in [6, 6.07) is 3.48. The number of carbonyl (C=O) groups is 1. The molecule has 1 aliphatic heterocycles. The third kappa shape index (κ3) is 4.15. The monoisotopic (exact) mass is 343 g/mol. The van der Waals surface area contributed by atoms with Gasteiger partial charge >= 0.3 is 0 Å². The zero-order valence-corrected chi connectivity index (χ0v) is 15.0. The molecule has 0 spiro atoms. The van der Waals surface area contributed by atoms with Crippen LogP contribution in [-0.4, -0.2) is 50.2 Å². The Bertz CT molecular complexity index is 722. The van der Waals surface area contributed by atoms with E-state index >= 15 is 0 Å². The maximum Gasteiger partial charge on any atom is 0.254 e. The van der Waals surface area contributed by atoms with Gasteiger partial charge in [0.15, 0.2) is 5.82 Å². The maximum absolute atomic E-state index is 12.8. The number of aromatic nitrogens is 4. The lowest BCUT2D eigenvalue weighted by Crippen LogP contribution is -2.38. The van der Waals surface area contributed by atoms with Gasteiger partial charge in [0.05, 0.1) is 6.10 Å². The first-order chi connectivity index (χ1) is 12.1. The molecule has 134 valence electrons. The van der Waals surface area contributed by atoms with Crippen molar-refractivity contribution < 1.29 is 9.53 Å². The molecule has 0 aromatic carbocycles. The van der Waals surface area contributed by atoms with E-state index in [0.29, 0.717) is 30.5 Å². The third-order valence-electron chi connectivity index (χ3n) is 4.64. The van der Waals surface area contributed by atoms with E-state index in [9.17, 15) is 4.79 Å². The molecule has 0 aliphatic carbocycles. The summed E-state index contributed by atoms with van der Waals surface area (Å²) < 4.78 is 5.72. The molecule has 2 aromatic heterocycles. The molecule has 0 saturated carbocycles. The van der Waals surface area contributed by atoms with Gasteiger partial charge in [-0.3, -0.25) is 9.89 Å². The van der Waals surface area contributed by atoms with E-state index in [-0.39, 0.29) is 12.0 Å². The molecule has 1 amide bonds. The number of pyridine rings is 1. The van der Waals surface area contributed by atoms with Gasteiger partial charge < -0.3 is 9.64 Å². The molecule has 7 nitrogen and oxygen atoms in total. The highest BCUT2D eigenvalue weighted by Gasteiger charge is 2.27. The predicted octanol–water partition coefficient (Wildman–Crippen LogP) is 2.71. The van der Waals surface area contributed by atoms with Gasteiger partial charge in [-0.05, 0) is 39.2 Å². The van der Waals surface area contributed by atoms with E-state index in [1.54, 1.807) is 18.3 Å². The lowest BCUT2D eigenvalue weighted by molar-refractivity contribution is 0.0710. The Labute approximate surface area is 147 Å². The SMILES string of the molecule is CC[C@H](C)Oc1cc(C(=O)N2CCC(c3n[nH]c(C)n3)CC2)ccn1. The Morgan fingerprint density at radius 3 is 2.84 bits per heavy atom. The van der Waals surface area contributed by atoms with Crippen LogP contribution in [0, 0.1) is 6.92 Å². The first kappa shape index (κ1) is 17.4. The number of piperidine rings is 1. The van der Waals surface area contributed by atoms with Crippen molar-refractivity contribution in [3.63, 3.8) is 0 Å². The smallest absolute Gasteiger partial charge is 0.254 e. The van der Waals surface area contributed by atoms with Crippen molar-refractivity contribution in [2.24, 2.45) is 0 Å². The minimum Gasteiger partial charge on any atom is -0.475 e. The Morgan fingerprint density at radius 1 is 1.44 bits per heavy atom. The van der Waals surface area contributed by atoms with E-state index in [1.807, 2.05) is 18.7 Å². The van der Waals surface area contributed by atoms with Gasteiger partial charge in [0.2, 0.25) is 5.88 Å². The summed E-state index contributed by atoms with van der Waals surface area (Å²) in [5.41, 5.74) is 0.625. The molecule has 1 N–H and O–H groups in total. The topological polar surface area (TPSA) is 84.0 Å². The van der Waals surface area contributed by atoms with Crippen LogP contribution in [0.3, 0.4) is 0 Å². The molecule has 0 unspecified atom stereocenters. The van der Waals surface area contributed by atoms with Crippen molar-refractivity contribution in [2.75, 3.05) is 13.1 Å². The zero-order chi connectivity index (χ0) is 17.8. The molecule has 0 bridgehead atoms. The summed E-state index contributed by atoms with van der Waals surface area (Å²) in [6.45, 7) is 7.37. The number of nitrogens with one attached hydrogen (secondary N) is 1. The van der Waals surface area contributed by atoms with Gasteiger partial charge in [0.25, 0.3) is 5.91 Å². The lowest BCUT2D eigenvalue weighted by Gasteiger charge is -2.30. The van der Waals surface area contributed by atoms with Crippen LogP contribution < -0.4 is 4.74 Å². The average molecular weight is 343 g/mol. The number of aryl methyl sites for hydroxylation is 1. The fourth-order valence-electron chi connectivity index (χ4n) is 2.96. The van der Waals surface area contributed by atoms with Crippen LogP contribution in [0.25, 0.3) is 0 Å². The summed E-state index contributed by atoms with van der Waals surface area (Å²) in [5.74, 6) is 2.54. The maximum atomic E-state index is 12.8. The number of ether oxygens (including phenoxy) is 1. The van der Waals surface area contributed by atoms with Gasteiger partial charge in [0.1, 0.15) is 5.82 Å². The summed E-state index contributed by atoms with van der Waals surface area (Å²) >= 11 is 0. The summed E-state index contributed by atoms with van der Waals surface area (Å²) in [5, 5.41) is 7.14. The highest BCUT2D eigenvalue weighted by atomic mass is 16.5. The minimum atomic E-state index is 0.0287. The van der Waals surface area contributed by atoms with Crippen molar-refractivity contribution in [3.8, 4) is 5.88 Å². The number of hydrogen-bond donors (Lipinski definition) is 1. The molecule has 1 atom stereocenters. The number of H-pyrrole nitrogens is 1. The van der Waals surface area contributed by atoms with Crippen LogP contribution in [0.5, 0.6) is 5.88 Å². The third-order valence-corrected chi connectivity index (χ3v) is 4.64. The standard InChI is InChI=1S/C18H25N5O2/c1-4-12(2)25-16-11-15(5-8-19-16)18(24)23-9-6-14(7-10-23)17-20-13(3)21-22-17/h5,8,11-12,14H,4,6-7,9-10H2,1-3H3,(H,20,21,22)/t12-/m0/s1. The normalized spacial score (nSPS) is 16.7. The molecule has 1 fully saturated rings. The largest absolute Gasteiger partial charge is 0.475 e.